The summed E-state index contributed by atoms with van der Waals surface area (Å²) in [5.74, 6) is -0.472. The summed E-state index contributed by atoms with van der Waals surface area (Å²) in [5, 5.41) is 14.0. The molecular weight excluding hydrogens is 318 g/mol. The number of aliphatic carboxylic acids is 1. The summed E-state index contributed by atoms with van der Waals surface area (Å²) in [7, 11) is 1.63. The molecule has 1 amide bonds. The quantitative estimate of drug-likeness (QED) is 0.806. The molecule has 2 N–H and O–H groups in total. The summed E-state index contributed by atoms with van der Waals surface area (Å²) in [6.07, 6.45) is 0.387. The van der Waals surface area contributed by atoms with E-state index in [0.29, 0.717) is 13.0 Å². The average molecular weight is 343 g/mol. The van der Waals surface area contributed by atoms with E-state index in [4.69, 9.17) is 9.84 Å². The van der Waals surface area contributed by atoms with Crippen LogP contribution in [0.25, 0.3) is 10.8 Å². The fourth-order valence-corrected chi connectivity index (χ4v) is 2.55. The van der Waals surface area contributed by atoms with Gasteiger partial charge in [-0.2, -0.15) is 0 Å². The zero-order valence-electron chi connectivity index (χ0n) is 15.1. The lowest BCUT2D eigenvalue weighted by molar-refractivity contribution is -0.147. The normalized spacial score (nSPS) is 12.6. The van der Waals surface area contributed by atoms with E-state index in [1.54, 1.807) is 21.0 Å². The van der Waals surface area contributed by atoms with Crippen molar-refractivity contribution in [2.45, 2.75) is 33.1 Å². The van der Waals surface area contributed by atoms with Crippen LogP contribution in [0.5, 0.6) is 5.75 Å². The molecule has 134 valence electrons. The monoisotopic (exact) mass is 343 g/mol. The average Bonchev–Trinajstić information content (AvgIpc) is 2.59. The fourth-order valence-electron chi connectivity index (χ4n) is 2.55. The van der Waals surface area contributed by atoms with Crippen LogP contribution in [-0.4, -0.2) is 30.6 Å². The van der Waals surface area contributed by atoms with Gasteiger partial charge < -0.3 is 15.2 Å². The third kappa shape index (κ3) is 4.50. The number of benzene rings is 2. The maximum absolute atomic E-state index is 12.4. The highest BCUT2D eigenvalue weighted by atomic mass is 16.5. The largest absolute Gasteiger partial charge is 0.497 e. The number of rotatable bonds is 7. The van der Waals surface area contributed by atoms with E-state index in [-0.39, 0.29) is 11.8 Å². The van der Waals surface area contributed by atoms with E-state index in [1.165, 1.54) is 0 Å². The van der Waals surface area contributed by atoms with E-state index >= 15 is 0 Å². The van der Waals surface area contributed by atoms with Crippen LogP contribution in [0.1, 0.15) is 38.7 Å². The zero-order valence-corrected chi connectivity index (χ0v) is 15.1. The van der Waals surface area contributed by atoms with Crippen molar-refractivity contribution in [2.24, 2.45) is 5.41 Å². The number of hydrogen-bond donors (Lipinski definition) is 2. The molecule has 0 fully saturated rings. The Hall–Kier alpha value is -2.56. The fraction of sp³-hybridized carbons (Fsp3) is 0.400. The first kappa shape index (κ1) is 18.8. The highest BCUT2D eigenvalue weighted by Gasteiger charge is 2.27. The van der Waals surface area contributed by atoms with E-state index in [0.717, 1.165) is 22.1 Å². The molecular formula is C20H25NO4. The molecule has 2 rings (SSSR count). The van der Waals surface area contributed by atoms with Crippen molar-refractivity contribution in [1.29, 1.82) is 0 Å². The molecule has 5 nitrogen and oxygen atoms in total. The molecule has 0 bridgehead atoms. The summed E-state index contributed by atoms with van der Waals surface area (Å²) < 4.78 is 5.22. The molecule has 5 heteroatoms. The van der Waals surface area contributed by atoms with Gasteiger partial charge in [-0.15, -0.1) is 0 Å². The molecule has 25 heavy (non-hydrogen) atoms. The first-order valence-electron chi connectivity index (χ1n) is 8.33. The molecule has 0 aliphatic heterocycles. The Morgan fingerprint density at radius 3 is 2.44 bits per heavy atom. The van der Waals surface area contributed by atoms with Crippen LogP contribution in [0, 0.1) is 5.41 Å². The number of carboxylic acids is 1. The van der Waals surface area contributed by atoms with Crippen LogP contribution in [-0.2, 0) is 9.59 Å². The number of methoxy groups -OCH3 is 1. The van der Waals surface area contributed by atoms with Crippen LogP contribution in [0.3, 0.4) is 0 Å². The highest BCUT2D eigenvalue weighted by Crippen LogP contribution is 2.25. The summed E-state index contributed by atoms with van der Waals surface area (Å²) in [4.78, 5) is 23.5. The number of ether oxygens (including phenoxy) is 1. The Morgan fingerprint density at radius 1 is 1.16 bits per heavy atom. The summed E-state index contributed by atoms with van der Waals surface area (Å²) in [5.41, 5.74) is 0.0751. The predicted octanol–water partition coefficient (Wildman–Crippen LogP) is 3.57. The van der Waals surface area contributed by atoms with E-state index in [9.17, 15) is 9.59 Å². The Balaban J connectivity index is 2.04. The van der Waals surface area contributed by atoms with Crippen molar-refractivity contribution in [3.63, 3.8) is 0 Å². The van der Waals surface area contributed by atoms with Crippen molar-refractivity contribution in [1.82, 2.24) is 5.32 Å². The summed E-state index contributed by atoms with van der Waals surface area (Å²) in [6, 6.07) is 11.7. The van der Waals surface area contributed by atoms with Gasteiger partial charge in [0.15, 0.2) is 0 Å². The Kier molecular flexibility index (Phi) is 5.67. The first-order chi connectivity index (χ1) is 11.7. The molecule has 0 unspecified atom stereocenters. The van der Waals surface area contributed by atoms with E-state index in [2.05, 4.69) is 5.32 Å². The summed E-state index contributed by atoms with van der Waals surface area (Å²) in [6.45, 7) is 5.50. The number of amides is 1. The smallest absolute Gasteiger partial charge is 0.309 e. The van der Waals surface area contributed by atoms with Gasteiger partial charge >= 0.3 is 5.97 Å². The van der Waals surface area contributed by atoms with Crippen LogP contribution in [0.4, 0.5) is 0 Å². The van der Waals surface area contributed by atoms with E-state index < -0.39 is 11.4 Å². The van der Waals surface area contributed by atoms with Gasteiger partial charge in [0.1, 0.15) is 5.75 Å². The lowest BCUT2D eigenvalue weighted by Gasteiger charge is -2.20. The SMILES string of the molecule is COc1ccc2cc([C@H](C)C(=O)NCCC(C)(C)C(=O)O)ccc2c1. The lowest BCUT2D eigenvalue weighted by Crippen LogP contribution is -2.33. The van der Waals surface area contributed by atoms with Gasteiger partial charge in [0.25, 0.3) is 0 Å². The predicted molar refractivity (Wildman–Crippen MR) is 98.0 cm³/mol. The third-order valence-corrected chi connectivity index (χ3v) is 4.59. The van der Waals surface area contributed by atoms with Crippen molar-refractivity contribution in [3.05, 3.63) is 42.0 Å². The van der Waals surface area contributed by atoms with Crippen molar-refractivity contribution < 1.29 is 19.4 Å². The number of nitrogens with one attached hydrogen (secondary N) is 1. The standard InChI is InChI=1S/C20H25NO4/c1-13(18(22)21-10-9-20(2,3)19(23)24)14-5-6-16-12-17(25-4)8-7-15(16)11-14/h5-8,11-13H,9-10H2,1-4H3,(H,21,22)(H,23,24)/t13-/m0/s1. The van der Waals surface area contributed by atoms with Crippen LogP contribution < -0.4 is 10.1 Å². The zero-order chi connectivity index (χ0) is 18.6. The van der Waals surface area contributed by atoms with Gasteiger partial charge in [-0.25, -0.2) is 0 Å². The molecule has 2 aromatic carbocycles. The van der Waals surface area contributed by atoms with Gasteiger partial charge in [-0.3, -0.25) is 9.59 Å². The molecule has 0 aliphatic carbocycles. The second kappa shape index (κ2) is 7.55. The minimum Gasteiger partial charge on any atom is -0.497 e. The molecule has 0 aliphatic rings. The second-order valence-corrected chi connectivity index (χ2v) is 6.92. The highest BCUT2D eigenvalue weighted by molar-refractivity contribution is 5.88. The number of hydrogen-bond acceptors (Lipinski definition) is 3. The molecule has 1 atom stereocenters. The summed E-state index contributed by atoms with van der Waals surface area (Å²) >= 11 is 0. The molecule has 0 heterocycles. The van der Waals surface area contributed by atoms with Gasteiger partial charge in [-0.1, -0.05) is 24.3 Å². The molecule has 0 radical (unpaired) electrons. The number of carbonyl (C=O) groups excluding carboxylic acids is 1. The topological polar surface area (TPSA) is 75.6 Å². The van der Waals surface area contributed by atoms with Gasteiger partial charge in [0.05, 0.1) is 18.4 Å². The third-order valence-electron chi connectivity index (χ3n) is 4.59. The lowest BCUT2D eigenvalue weighted by atomic mass is 9.89. The Morgan fingerprint density at radius 2 is 1.80 bits per heavy atom. The second-order valence-electron chi connectivity index (χ2n) is 6.92. The van der Waals surface area contributed by atoms with Crippen molar-refractivity contribution >= 4 is 22.6 Å². The minimum atomic E-state index is -0.861. The number of carbonyl (C=O) groups is 2. The molecule has 0 saturated carbocycles. The maximum atomic E-state index is 12.4. The Labute approximate surface area is 148 Å². The van der Waals surface area contributed by atoms with E-state index in [1.807, 2.05) is 43.3 Å². The Bertz CT molecular complexity index is 782. The first-order valence-corrected chi connectivity index (χ1v) is 8.33. The van der Waals surface area contributed by atoms with Crippen molar-refractivity contribution in [2.75, 3.05) is 13.7 Å². The number of carboxylic acid groups (broad SMARTS) is 1. The van der Waals surface area contributed by atoms with Gasteiger partial charge in [0, 0.05) is 6.54 Å². The minimum absolute atomic E-state index is 0.103. The molecule has 0 spiro atoms. The number of fused-ring (bicyclic) bond motifs is 1. The van der Waals surface area contributed by atoms with Gasteiger partial charge in [0.2, 0.25) is 5.91 Å². The molecule has 0 aromatic heterocycles. The van der Waals surface area contributed by atoms with Crippen LogP contribution >= 0.6 is 0 Å². The van der Waals surface area contributed by atoms with Gasteiger partial charge in [-0.05, 0) is 55.7 Å². The van der Waals surface area contributed by atoms with Crippen LogP contribution in [0.15, 0.2) is 36.4 Å². The van der Waals surface area contributed by atoms with Crippen molar-refractivity contribution in [3.8, 4) is 5.75 Å². The molecule has 0 saturated heterocycles. The van der Waals surface area contributed by atoms with Crippen LogP contribution in [0.2, 0.25) is 0 Å². The molecule has 2 aromatic rings. The maximum Gasteiger partial charge on any atom is 0.309 e.